The monoisotopic (exact) mass is 271 g/mol. The van der Waals surface area contributed by atoms with Crippen LogP contribution in [0.2, 0.25) is 0 Å². The summed E-state index contributed by atoms with van der Waals surface area (Å²) in [6.45, 7) is 8.36. The van der Waals surface area contributed by atoms with Crippen LogP contribution in [0.25, 0.3) is 10.8 Å². The highest BCUT2D eigenvalue weighted by Gasteiger charge is 2.13. The standard InChI is InChI=1S/C17H25N3/c1-5-13(3)20(4)17-16-10-8-7-9-14(16)11-15(19-17)12-18-6-2/h7-11,13,18H,5-6,12H2,1-4H3. The van der Waals surface area contributed by atoms with Gasteiger partial charge in [0, 0.05) is 25.0 Å². The topological polar surface area (TPSA) is 28.2 Å². The molecule has 0 aliphatic carbocycles. The molecule has 0 amide bonds. The summed E-state index contributed by atoms with van der Waals surface area (Å²) in [5, 5.41) is 5.85. The van der Waals surface area contributed by atoms with Crippen LogP contribution in [0.1, 0.15) is 32.9 Å². The van der Waals surface area contributed by atoms with Crippen molar-refractivity contribution in [3.05, 3.63) is 36.0 Å². The van der Waals surface area contributed by atoms with Crippen LogP contribution in [-0.4, -0.2) is 24.6 Å². The third kappa shape index (κ3) is 3.10. The van der Waals surface area contributed by atoms with E-state index < -0.39 is 0 Å². The lowest BCUT2D eigenvalue weighted by Gasteiger charge is -2.26. The lowest BCUT2D eigenvalue weighted by Crippen LogP contribution is -2.29. The summed E-state index contributed by atoms with van der Waals surface area (Å²) in [4.78, 5) is 7.16. The van der Waals surface area contributed by atoms with Crippen molar-refractivity contribution >= 4 is 16.6 Å². The molecule has 0 saturated carbocycles. The second-order valence-electron chi connectivity index (χ2n) is 5.31. The molecule has 1 heterocycles. The number of fused-ring (bicyclic) bond motifs is 1. The number of hydrogen-bond acceptors (Lipinski definition) is 3. The van der Waals surface area contributed by atoms with Gasteiger partial charge in [-0.3, -0.25) is 0 Å². The van der Waals surface area contributed by atoms with Gasteiger partial charge in [0.15, 0.2) is 0 Å². The average molecular weight is 271 g/mol. The molecule has 108 valence electrons. The van der Waals surface area contributed by atoms with Crippen molar-refractivity contribution in [1.29, 1.82) is 0 Å². The number of anilines is 1. The summed E-state index contributed by atoms with van der Waals surface area (Å²) in [5.74, 6) is 1.09. The molecular formula is C17H25N3. The van der Waals surface area contributed by atoms with Crippen LogP contribution in [0.3, 0.4) is 0 Å². The Kier molecular flexibility index (Phi) is 4.96. The Morgan fingerprint density at radius 1 is 1.25 bits per heavy atom. The molecular weight excluding hydrogens is 246 g/mol. The second-order valence-corrected chi connectivity index (χ2v) is 5.31. The van der Waals surface area contributed by atoms with Crippen LogP contribution in [0.5, 0.6) is 0 Å². The molecule has 1 N–H and O–H groups in total. The van der Waals surface area contributed by atoms with E-state index >= 15 is 0 Å². The van der Waals surface area contributed by atoms with Gasteiger partial charge in [-0.25, -0.2) is 4.98 Å². The highest BCUT2D eigenvalue weighted by molar-refractivity contribution is 5.92. The molecule has 2 aromatic rings. The van der Waals surface area contributed by atoms with Crippen LogP contribution in [0.15, 0.2) is 30.3 Å². The minimum atomic E-state index is 0.486. The first-order chi connectivity index (χ1) is 9.67. The highest BCUT2D eigenvalue weighted by Crippen LogP contribution is 2.26. The van der Waals surface area contributed by atoms with E-state index in [0.717, 1.165) is 31.0 Å². The van der Waals surface area contributed by atoms with Crippen LogP contribution in [0.4, 0.5) is 5.82 Å². The van der Waals surface area contributed by atoms with Crippen molar-refractivity contribution in [2.24, 2.45) is 0 Å². The molecule has 3 nitrogen and oxygen atoms in total. The number of benzene rings is 1. The number of hydrogen-bond donors (Lipinski definition) is 1. The Morgan fingerprint density at radius 3 is 2.70 bits per heavy atom. The Labute approximate surface area is 122 Å². The van der Waals surface area contributed by atoms with Gasteiger partial charge in [-0.2, -0.15) is 0 Å². The zero-order valence-electron chi connectivity index (χ0n) is 13.0. The van der Waals surface area contributed by atoms with Gasteiger partial charge >= 0.3 is 0 Å². The summed E-state index contributed by atoms with van der Waals surface area (Å²) >= 11 is 0. The van der Waals surface area contributed by atoms with Crippen LogP contribution < -0.4 is 10.2 Å². The highest BCUT2D eigenvalue weighted by atomic mass is 15.2. The lowest BCUT2D eigenvalue weighted by molar-refractivity contribution is 0.654. The number of nitrogens with zero attached hydrogens (tertiary/aromatic N) is 2. The number of rotatable bonds is 6. The SMILES string of the molecule is CCNCc1cc2ccccc2c(N(C)C(C)CC)n1. The molecule has 0 aliphatic heterocycles. The van der Waals surface area contributed by atoms with E-state index in [4.69, 9.17) is 4.98 Å². The lowest BCUT2D eigenvalue weighted by atomic mass is 10.1. The van der Waals surface area contributed by atoms with Gasteiger partial charge in [0.2, 0.25) is 0 Å². The van der Waals surface area contributed by atoms with Crippen molar-refractivity contribution in [2.45, 2.75) is 39.8 Å². The van der Waals surface area contributed by atoms with E-state index in [-0.39, 0.29) is 0 Å². The fourth-order valence-electron chi connectivity index (χ4n) is 2.33. The van der Waals surface area contributed by atoms with E-state index in [9.17, 15) is 0 Å². The van der Waals surface area contributed by atoms with Gasteiger partial charge in [0.25, 0.3) is 0 Å². The minimum absolute atomic E-state index is 0.486. The molecule has 1 unspecified atom stereocenters. The molecule has 1 aromatic heterocycles. The molecule has 0 radical (unpaired) electrons. The first-order valence-electron chi connectivity index (χ1n) is 7.49. The first-order valence-corrected chi connectivity index (χ1v) is 7.49. The van der Waals surface area contributed by atoms with Crippen molar-refractivity contribution in [2.75, 3.05) is 18.5 Å². The number of aromatic nitrogens is 1. The maximum Gasteiger partial charge on any atom is 0.136 e. The van der Waals surface area contributed by atoms with Gasteiger partial charge < -0.3 is 10.2 Å². The quantitative estimate of drug-likeness (QED) is 0.870. The Morgan fingerprint density at radius 2 is 2.00 bits per heavy atom. The van der Waals surface area contributed by atoms with E-state index in [1.165, 1.54) is 10.8 Å². The second kappa shape index (κ2) is 6.71. The summed E-state index contributed by atoms with van der Waals surface area (Å²) in [6.07, 6.45) is 1.12. The molecule has 0 bridgehead atoms. The third-order valence-electron chi connectivity index (χ3n) is 3.92. The maximum absolute atomic E-state index is 4.87. The van der Waals surface area contributed by atoms with Crippen LogP contribution in [0, 0.1) is 0 Å². The fraction of sp³-hybridized carbons (Fsp3) is 0.471. The van der Waals surface area contributed by atoms with E-state index in [0.29, 0.717) is 6.04 Å². The number of pyridine rings is 1. The van der Waals surface area contributed by atoms with Gasteiger partial charge in [-0.15, -0.1) is 0 Å². The Hall–Kier alpha value is -1.61. The molecule has 2 rings (SSSR count). The smallest absolute Gasteiger partial charge is 0.136 e. The summed E-state index contributed by atoms with van der Waals surface area (Å²) < 4.78 is 0. The van der Waals surface area contributed by atoms with Crippen LogP contribution in [-0.2, 0) is 6.54 Å². The van der Waals surface area contributed by atoms with Gasteiger partial charge in [0.1, 0.15) is 5.82 Å². The number of nitrogens with one attached hydrogen (secondary N) is 1. The molecule has 1 aromatic carbocycles. The van der Waals surface area contributed by atoms with Crippen molar-refractivity contribution in [3.8, 4) is 0 Å². The molecule has 1 atom stereocenters. The fourth-order valence-corrected chi connectivity index (χ4v) is 2.33. The predicted molar refractivity (Wildman–Crippen MR) is 87.3 cm³/mol. The summed E-state index contributed by atoms with van der Waals surface area (Å²) in [7, 11) is 2.14. The molecule has 3 heteroatoms. The first kappa shape index (κ1) is 14.8. The largest absolute Gasteiger partial charge is 0.356 e. The maximum atomic E-state index is 4.87. The molecule has 20 heavy (non-hydrogen) atoms. The van der Waals surface area contributed by atoms with Crippen molar-refractivity contribution in [1.82, 2.24) is 10.3 Å². The van der Waals surface area contributed by atoms with Crippen LogP contribution >= 0.6 is 0 Å². The zero-order chi connectivity index (χ0) is 14.5. The average Bonchev–Trinajstić information content (AvgIpc) is 2.50. The van der Waals surface area contributed by atoms with Gasteiger partial charge in [-0.05, 0) is 31.3 Å². The van der Waals surface area contributed by atoms with Gasteiger partial charge in [0.05, 0.1) is 5.69 Å². The molecule has 0 aliphatic rings. The Bertz CT molecular complexity index is 565. The molecule has 0 saturated heterocycles. The third-order valence-corrected chi connectivity index (χ3v) is 3.92. The zero-order valence-corrected chi connectivity index (χ0v) is 13.0. The summed E-state index contributed by atoms with van der Waals surface area (Å²) in [6, 6.07) is 11.2. The van der Waals surface area contributed by atoms with E-state index in [1.54, 1.807) is 0 Å². The normalized spacial score (nSPS) is 12.6. The van der Waals surface area contributed by atoms with E-state index in [2.05, 4.69) is 68.4 Å². The minimum Gasteiger partial charge on any atom is -0.356 e. The predicted octanol–water partition coefficient (Wildman–Crippen LogP) is 3.58. The van der Waals surface area contributed by atoms with Crippen molar-refractivity contribution in [3.63, 3.8) is 0 Å². The van der Waals surface area contributed by atoms with E-state index in [1.807, 2.05) is 0 Å². The molecule has 0 spiro atoms. The van der Waals surface area contributed by atoms with Crippen molar-refractivity contribution < 1.29 is 0 Å². The Balaban J connectivity index is 2.48. The van der Waals surface area contributed by atoms with Gasteiger partial charge in [-0.1, -0.05) is 38.1 Å². The molecule has 0 fully saturated rings. The summed E-state index contributed by atoms with van der Waals surface area (Å²) in [5.41, 5.74) is 1.11.